The molecule has 2 aliphatic carbocycles. The monoisotopic (exact) mass is 357 g/mol. The first kappa shape index (κ1) is 16.2. The van der Waals surface area contributed by atoms with Crippen molar-refractivity contribution in [2.45, 2.75) is 38.8 Å². The SMILES string of the molecule is Cc1n(C2CCC2)c2c([n+]1Cc1ccccc1)C(=O)c1ccccc1C2=O. The predicted octanol–water partition coefficient (Wildman–Crippen LogP) is 3.63. The first-order valence-corrected chi connectivity index (χ1v) is 9.54. The summed E-state index contributed by atoms with van der Waals surface area (Å²) in [7, 11) is 0. The van der Waals surface area contributed by atoms with E-state index in [4.69, 9.17) is 0 Å². The van der Waals surface area contributed by atoms with E-state index in [0.29, 0.717) is 35.1 Å². The van der Waals surface area contributed by atoms with Crippen LogP contribution >= 0.6 is 0 Å². The number of benzene rings is 2. The van der Waals surface area contributed by atoms with Crippen molar-refractivity contribution in [2.75, 3.05) is 0 Å². The Bertz CT molecular complexity index is 1080. The molecule has 2 aromatic carbocycles. The largest absolute Gasteiger partial charge is 0.284 e. The Morgan fingerprint density at radius 3 is 2.19 bits per heavy atom. The molecule has 3 aromatic rings. The number of imidazole rings is 1. The van der Waals surface area contributed by atoms with Crippen molar-refractivity contribution in [3.8, 4) is 0 Å². The Hall–Kier alpha value is -3.01. The molecule has 4 heteroatoms. The van der Waals surface area contributed by atoms with Crippen LogP contribution in [-0.4, -0.2) is 16.1 Å². The Morgan fingerprint density at radius 2 is 1.56 bits per heavy atom. The molecular formula is C23H21N2O2+. The topological polar surface area (TPSA) is 43.0 Å². The van der Waals surface area contributed by atoms with E-state index in [1.165, 1.54) is 6.42 Å². The summed E-state index contributed by atoms with van der Waals surface area (Å²) in [5.41, 5.74) is 3.30. The molecule has 1 fully saturated rings. The number of aromatic nitrogens is 2. The average Bonchev–Trinajstić information content (AvgIpc) is 2.93. The second-order valence-electron chi connectivity index (χ2n) is 7.47. The molecule has 0 radical (unpaired) electrons. The summed E-state index contributed by atoms with van der Waals surface area (Å²) in [4.78, 5) is 26.7. The van der Waals surface area contributed by atoms with Crippen LogP contribution in [0.5, 0.6) is 0 Å². The van der Waals surface area contributed by atoms with Gasteiger partial charge in [0.05, 0.1) is 0 Å². The maximum atomic E-state index is 13.4. The highest BCUT2D eigenvalue weighted by Crippen LogP contribution is 2.37. The van der Waals surface area contributed by atoms with Crippen molar-refractivity contribution in [1.82, 2.24) is 4.57 Å². The lowest BCUT2D eigenvalue weighted by atomic mass is 9.88. The van der Waals surface area contributed by atoms with Crippen molar-refractivity contribution in [2.24, 2.45) is 0 Å². The summed E-state index contributed by atoms with van der Waals surface area (Å²) >= 11 is 0. The highest BCUT2D eigenvalue weighted by atomic mass is 16.1. The number of hydrogen-bond donors (Lipinski definition) is 0. The van der Waals surface area contributed by atoms with Gasteiger partial charge in [-0.1, -0.05) is 54.6 Å². The van der Waals surface area contributed by atoms with E-state index in [-0.39, 0.29) is 11.6 Å². The molecule has 0 N–H and O–H groups in total. The molecule has 134 valence electrons. The molecule has 0 spiro atoms. The summed E-state index contributed by atoms with van der Waals surface area (Å²) in [5.74, 6) is 0.919. The Kier molecular flexibility index (Phi) is 3.61. The van der Waals surface area contributed by atoms with Crippen LogP contribution in [0.4, 0.5) is 0 Å². The Labute approximate surface area is 158 Å². The van der Waals surface area contributed by atoms with E-state index in [2.05, 4.69) is 16.7 Å². The minimum absolute atomic E-state index is 0.0259. The van der Waals surface area contributed by atoms with Crippen LogP contribution in [-0.2, 0) is 6.54 Å². The van der Waals surface area contributed by atoms with Gasteiger partial charge in [0.2, 0.25) is 23.0 Å². The molecule has 2 aliphatic rings. The van der Waals surface area contributed by atoms with Crippen molar-refractivity contribution >= 4 is 11.6 Å². The van der Waals surface area contributed by atoms with Crippen LogP contribution in [0, 0.1) is 6.92 Å². The quantitative estimate of drug-likeness (QED) is 0.526. The fourth-order valence-electron chi connectivity index (χ4n) is 4.33. The molecular weight excluding hydrogens is 336 g/mol. The van der Waals surface area contributed by atoms with Crippen molar-refractivity contribution in [3.05, 3.63) is 88.5 Å². The second-order valence-corrected chi connectivity index (χ2v) is 7.47. The Morgan fingerprint density at radius 1 is 0.926 bits per heavy atom. The van der Waals surface area contributed by atoms with Gasteiger partial charge in [0, 0.05) is 18.1 Å². The smallest absolute Gasteiger partial charge is 0.254 e. The van der Waals surface area contributed by atoms with Gasteiger partial charge < -0.3 is 0 Å². The summed E-state index contributed by atoms with van der Waals surface area (Å²) < 4.78 is 4.18. The van der Waals surface area contributed by atoms with Gasteiger partial charge in [-0.25, -0.2) is 9.13 Å². The molecule has 0 amide bonds. The van der Waals surface area contributed by atoms with Crippen LogP contribution in [0.2, 0.25) is 0 Å². The molecule has 0 unspecified atom stereocenters. The summed E-state index contributed by atoms with van der Waals surface area (Å²) in [5, 5.41) is 0. The van der Waals surface area contributed by atoms with E-state index in [1.807, 2.05) is 41.8 Å². The van der Waals surface area contributed by atoms with Crippen LogP contribution in [0.25, 0.3) is 0 Å². The molecule has 27 heavy (non-hydrogen) atoms. The van der Waals surface area contributed by atoms with Gasteiger partial charge in [-0.3, -0.25) is 9.59 Å². The standard InChI is InChI=1S/C23H21N2O2/c1-15-24(14-16-8-3-2-4-9-16)20-21(25(15)17-10-7-11-17)23(27)19-13-6-5-12-18(19)22(20)26/h2-6,8-9,12-13,17H,7,10-11,14H2,1H3/q+1. The summed E-state index contributed by atoms with van der Waals surface area (Å²) in [6.07, 6.45) is 3.31. The number of fused-ring (bicyclic) bond motifs is 2. The fourth-order valence-corrected chi connectivity index (χ4v) is 4.33. The number of ketones is 2. The van der Waals surface area contributed by atoms with Gasteiger partial charge in [-0.15, -0.1) is 0 Å². The van der Waals surface area contributed by atoms with Crippen molar-refractivity contribution < 1.29 is 14.2 Å². The van der Waals surface area contributed by atoms with Gasteiger partial charge >= 0.3 is 0 Å². The molecule has 0 aliphatic heterocycles. The fraction of sp³-hybridized carbons (Fsp3) is 0.261. The van der Waals surface area contributed by atoms with Crippen LogP contribution in [0.3, 0.4) is 0 Å². The first-order chi connectivity index (χ1) is 13.2. The summed E-state index contributed by atoms with van der Waals surface area (Å²) in [6.45, 7) is 2.63. The van der Waals surface area contributed by atoms with Crippen molar-refractivity contribution in [1.29, 1.82) is 0 Å². The Balaban J connectivity index is 1.75. The molecule has 4 nitrogen and oxygen atoms in total. The predicted molar refractivity (Wildman–Crippen MR) is 101 cm³/mol. The lowest BCUT2D eigenvalue weighted by Gasteiger charge is -2.24. The van der Waals surface area contributed by atoms with Crippen LogP contribution in [0.1, 0.15) is 68.8 Å². The number of rotatable bonds is 3. The van der Waals surface area contributed by atoms with Gasteiger partial charge in [-0.2, -0.15) is 0 Å². The van der Waals surface area contributed by atoms with E-state index < -0.39 is 0 Å². The van der Waals surface area contributed by atoms with Gasteiger partial charge in [0.15, 0.2) is 0 Å². The number of carbonyl (C=O) groups is 2. The molecule has 1 aromatic heterocycles. The normalized spacial score (nSPS) is 16.0. The van der Waals surface area contributed by atoms with Gasteiger partial charge in [0.1, 0.15) is 12.6 Å². The zero-order valence-corrected chi connectivity index (χ0v) is 15.3. The van der Waals surface area contributed by atoms with E-state index >= 15 is 0 Å². The second kappa shape index (κ2) is 6.02. The molecule has 1 heterocycles. The molecule has 1 saturated carbocycles. The molecule has 0 saturated heterocycles. The zero-order valence-electron chi connectivity index (χ0n) is 15.3. The number of carbonyl (C=O) groups excluding carboxylic acids is 2. The van der Waals surface area contributed by atoms with Crippen LogP contribution in [0.15, 0.2) is 54.6 Å². The zero-order chi connectivity index (χ0) is 18.5. The van der Waals surface area contributed by atoms with Gasteiger partial charge in [-0.05, 0) is 24.8 Å². The average molecular weight is 357 g/mol. The highest BCUT2D eigenvalue weighted by molar-refractivity contribution is 6.26. The van der Waals surface area contributed by atoms with E-state index in [9.17, 15) is 9.59 Å². The maximum Gasteiger partial charge on any atom is 0.254 e. The molecule has 0 atom stereocenters. The minimum Gasteiger partial charge on any atom is -0.284 e. The first-order valence-electron chi connectivity index (χ1n) is 9.54. The third-order valence-electron chi connectivity index (χ3n) is 5.94. The number of nitrogens with zero attached hydrogens (tertiary/aromatic N) is 2. The lowest BCUT2D eigenvalue weighted by Crippen LogP contribution is -2.43. The van der Waals surface area contributed by atoms with Crippen molar-refractivity contribution in [3.63, 3.8) is 0 Å². The highest BCUT2D eigenvalue weighted by Gasteiger charge is 2.45. The number of hydrogen-bond acceptors (Lipinski definition) is 2. The lowest BCUT2D eigenvalue weighted by molar-refractivity contribution is -0.695. The molecule has 5 rings (SSSR count). The summed E-state index contributed by atoms with van der Waals surface area (Å²) in [6, 6.07) is 17.6. The van der Waals surface area contributed by atoms with Gasteiger partial charge in [0.25, 0.3) is 5.82 Å². The third kappa shape index (κ3) is 2.33. The minimum atomic E-state index is -0.0442. The van der Waals surface area contributed by atoms with E-state index in [0.717, 1.165) is 24.2 Å². The maximum absolute atomic E-state index is 13.4. The van der Waals surface area contributed by atoms with Crippen LogP contribution < -0.4 is 4.57 Å². The molecule has 0 bridgehead atoms. The van der Waals surface area contributed by atoms with E-state index in [1.54, 1.807) is 12.1 Å². The third-order valence-corrected chi connectivity index (χ3v) is 5.94.